The molecule has 6 rings (SSSR count). The van der Waals surface area contributed by atoms with E-state index in [9.17, 15) is 101 Å². The number of hydrogen-bond acceptors (Lipinski definition) is 26. The van der Waals surface area contributed by atoms with Crippen molar-refractivity contribution < 1.29 is 129 Å². The molecule has 26 nitrogen and oxygen atoms in total. The highest BCUT2D eigenvalue weighted by atomic mass is 16.7. The highest BCUT2D eigenvalue weighted by Crippen LogP contribution is 2.41. The van der Waals surface area contributed by atoms with Crippen molar-refractivity contribution in [2.24, 2.45) is 0 Å². The van der Waals surface area contributed by atoms with Crippen LogP contribution in [-0.2, 0) is 28.4 Å². The molecule has 0 aliphatic carbocycles. The maximum absolute atomic E-state index is 13.9. The number of rotatable bonds is 11. The number of ether oxygens (including phenoxy) is 6. The molecule has 0 spiro atoms. The zero-order valence-corrected chi connectivity index (χ0v) is 33.1. The number of esters is 5. The first-order chi connectivity index (χ1) is 31.4. The van der Waals surface area contributed by atoms with Crippen molar-refractivity contribution >= 4 is 29.8 Å². The van der Waals surface area contributed by atoms with Crippen molar-refractivity contribution in [2.75, 3.05) is 6.61 Å². The van der Waals surface area contributed by atoms with Crippen molar-refractivity contribution in [3.63, 3.8) is 0 Å². The lowest BCUT2D eigenvalue weighted by atomic mass is 9.97. The van der Waals surface area contributed by atoms with Crippen LogP contribution in [0.1, 0.15) is 51.8 Å². The topological polar surface area (TPSA) is 444 Å². The summed E-state index contributed by atoms with van der Waals surface area (Å²) in [5.74, 6) is -24.5. The lowest BCUT2D eigenvalue weighted by Crippen LogP contribution is -2.63. The van der Waals surface area contributed by atoms with Gasteiger partial charge in [-0.25, -0.2) is 24.0 Å². The van der Waals surface area contributed by atoms with Gasteiger partial charge in [0.05, 0.1) is 27.8 Å². The molecule has 0 amide bonds. The maximum atomic E-state index is 13.9. The van der Waals surface area contributed by atoms with E-state index in [1.165, 1.54) is 0 Å². The van der Waals surface area contributed by atoms with Crippen LogP contribution in [0.15, 0.2) is 60.7 Å². The van der Waals surface area contributed by atoms with Crippen LogP contribution in [0.5, 0.6) is 86.2 Å². The van der Waals surface area contributed by atoms with Gasteiger partial charge in [0.25, 0.3) is 0 Å². The lowest BCUT2D eigenvalue weighted by Gasteiger charge is -2.43. The van der Waals surface area contributed by atoms with Gasteiger partial charge in [-0.05, 0) is 60.7 Å². The Morgan fingerprint density at radius 3 is 0.881 bits per heavy atom. The van der Waals surface area contributed by atoms with Gasteiger partial charge >= 0.3 is 29.8 Å². The van der Waals surface area contributed by atoms with Crippen LogP contribution in [0.3, 0.4) is 0 Å². The van der Waals surface area contributed by atoms with Gasteiger partial charge < -0.3 is 105 Å². The van der Waals surface area contributed by atoms with Crippen LogP contribution in [0.25, 0.3) is 0 Å². The van der Waals surface area contributed by atoms with E-state index in [0.717, 1.165) is 0 Å². The van der Waals surface area contributed by atoms with Crippen LogP contribution in [-0.4, -0.2) is 144 Å². The molecule has 5 aromatic rings. The number of phenols is 15. The Hall–Kier alpha value is -9.59. The molecule has 26 heteroatoms. The molecule has 0 bridgehead atoms. The molecule has 3 unspecified atom stereocenters. The quantitative estimate of drug-likeness (QED) is 0.0509. The minimum absolute atomic E-state index is 0.534. The first kappa shape index (κ1) is 46.9. The molecule has 0 saturated carbocycles. The third-order valence-electron chi connectivity index (χ3n) is 9.45. The van der Waals surface area contributed by atoms with E-state index in [0.29, 0.717) is 60.7 Å². The second-order valence-corrected chi connectivity index (χ2v) is 14.0. The maximum Gasteiger partial charge on any atom is 0.340 e. The predicted molar refractivity (Wildman–Crippen MR) is 209 cm³/mol. The fourth-order valence-electron chi connectivity index (χ4n) is 6.11. The molecular weight excluding hydrogens is 908 g/mol. The summed E-state index contributed by atoms with van der Waals surface area (Å²) in [4.78, 5) is 68.5. The second kappa shape index (κ2) is 18.3. The van der Waals surface area contributed by atoms with Gasteiger partial charge in [-0.1, -0.05) is 0 Å². The number of carbonyl (C=O) groups excluding carboxylic acids is 5. The van der Waals surface area contributed by atoms with Gasteiger partial charge in [0, 0.05) is 0 Å². The third-order valence-corrected chi connectivity index (χ3v) is 9.45. The van der Waals surface area contributed by atoms with E-state index < -0.39 is 181 Å². The molecule has 1 heterocycles. The summed E-state index contributed by atoms with van der Waals surface area (Å²) in [5, 5.41) is 150. The zero-order chi connectivity index (χ0) is 49.3. The summed E-state index contributed by atoms with van der Waals surface area (Å²) in [5.41, 5.74) is -3.88. The molecule has 1 aliphatic heterocycles. The standard InChI is InChI=1S/C41H32O26/c42-17-1-12(2-18(43)28(17)52)36(57)62-11-27-33(64-37(58)13-3-19(44)29(53)20(45)4-13)34(65-38(59)14-5-21(46)30(54)22(47)6-14)35(66-39(60)15-7-23(48)31(55)24(49)8-15)41(63-27)67-40(61)16-9-25(50)32(56)26(51)10-16/h1-10,27,33-35,41-56H,11H2/t27?,33?,34-,35+,41?/m0/s1. The SMILES string of the molecule is O=C(OCC1OC(OC(=O)c2cc(O)c(O)c(O)c2)[C@H](OC(=O)c2cc(O)c(O)c(O)c2)[C@@H](OC(=O)c2cc(O)c(O)c(O)c2)C1OC(=O)c1cc(O)c(O)c(O)c1)c1cc(O)c(O)c(O)c1. The van der Waals surface area contributed by atoms with Crippen LogP contribution < -0.4 is 0 Å². The van der Waals surface area contributed by atoms with E-state index in [4.69, 9.17) is 28.4 Å². The Balaban J connectivity index is 1.52. The molecule has 0 radical (unpaired) electrons. The smallest absolute Gasteiger partial charge is 0.340 e. The van der Waals surface area contributed by atoms with Crippen molar-refractivity contribution in [1.29, 1.82) is 0 Å². The van der Waals surface area contributed by atoms with E-state index in [2.05, 4.69) is 0 Å². The number of aromatic hydroxyl groups is 15. The van der Waals surface area contributed by atoms with Crippen molar-refractivity contribution in [1.82, 2.24) is 0 Å². The normalized spacial score (nSPS) is 17.7. The highest BCUT2D eigenvalue weighted by molar-refractivity contribution is 5.94. The lowest BCUT2D eigenvalue weighted by molar-refractivity contribution is -0.282. The molecule has 1 fully saturated rings. The molecule has 1 aliphatic rings. The van der Waals surface area contributed by atoms with Crippen molar-refractivity contribution in [3.8, 4) is 86.2 Å². The number of benzene rings is 5. The van der Waals surface area contributed by atoms with E-state index in [1.807, 2.05) is 0 Å². The molecule has 5 aromatic carbocycles. The van der Waals surface area contributed by atoms with E-state index in [-0.39, 0.29) is 0 Å². The largest absolute Gasteiger partial charge is 0.504 e. The van der Waals surface area contributed by atoms with Crippen LogP contribution in [0, 0.1) is 0 Å². The Morgan fingerprint density at radius 2 is 0.582 bits per heavy atom. The van der Waals surface area contributed by atoms with Gasteiger partial charge in [-0.3, -0.25) is 0 Å². The number of hydrogen-bond donors (Lipinski definition) is 15. The summed E-state index contributed by atoms with van der Waals surface area (Å²) < 4.78 is 33.2. The highest BCUT2D eigenvalue weighted by Gasteiger charge is 2.55. The third kappa shape index (κ3) is 9.67. The summed E-state index contributed by atoms with van der Waals surface area (Å²) in [6, 6.07) is 5.60. The van der Waals surface area contributed by atoms with Crippen molar-refractivity contribution in [2.45, 2.75) is 30.7 Å². The molecule has 5 atom stereocenters. The summed E-state index contributed by atoms with van der Waals surface area (Å²) in [7, 11) is 0. The van der Waals surface area contributed by atoms with Crippen LogP contribution in [0.4, 0.5) is 0 Å². The summed E-state index contributed by atoms with van der Waals surface area (Å²) in [6.07, 6.45) is -12.2. The summed E-state index contributed by atoms with van der Waals surface area (Å²) >= 11 is 0. The van der Waals surface area contributed by atoms with E-state index >= 15 is 0 Å². The molecule has 67 heavy (non-hydrogen) atoms. The predicted octanol–water partition coefficient (Wildman–Crippen LogP) is 1.69. The first-order valence-electron chi connectivity index (χ1n) is 18.4. The van der Waals surface area contributed by atoms with Crippen LogP contribution in [0.2, 0.25) is 0 Å². The monoisotopic (exact) mass is 940 g/mol. The molecule has 1 saturated heterocycles. The van der Waals surface area contributed by atoms with Gasteiger partial charge in [-0.2, -0.15) is 0 Å². The van der Waals surface area contributed by atoms with Gasteiger partial charge in [-0.15, -0.1) is 0 Å². The Labute approximate surface area is 370 Å². The van der Waals surface area contributed by atoms with Gasteiger partial charge in [0.1, 0.15) is 12.7 Å². The fourth-order valence-corrected chi connectivity index (χ4v) is 6.11. The number of phenolic OH excluding ortho intramolecular Hbond substituents is 15. The van der Waals surface area contributed by atoms with E-state index in [1.54, 1.807) is 0 Å². The Kier molecular flexibility index (Phi) is 12.8. The number of carbonyl (C=O) groups is 5. The van der Waals surface area contributed by atoms with Crippen molar-refractivity contribution in [3.05, 3.63) is 88.5 Å². The summed E-state index contributed by atoms with van der Waals surface area (Å²) in [6.45, 7) is -1.25. The van der Waals surface area contributed by atoms with Gasteiger partial charge in [0.15, 0.2) is 98.5 Å². The Bertz CT molecular complexity index is 2720. The molecule has 0 aromatic heterocycles. The van der Waals surface area contributed by atoms with Gasteiger partial charge in [0.2, 0.25) is 12.4 Å². The van der Waals surface area contributed by atoms with Crippen LogP contribution >= 0.6 is 0 Å². The minimum atomic E-state index is -2.56. The average molecular weight is 941 g/mol. The molecule has 352 valence electrons. The first-order valence-corrected chi connectivity index (χ1v) is 18.4. The molecular formula is C41H32O26. The zero-order valence-electron chi connectivity index (χ0n) is 33.1. The minimum Gasteiger partial charge on any atom is -0.504 e. The Morgan fingerprint density at radius 1 is 0.343 bits per heavy atom. The molecule has 15 N–H and O–H groups in total. The average Bonchev–Trinajstić information content (AvgIpc) is 3.27. The second-order valence-electron chi connectivity index (χ2n) is 14.0. The fraction of sp³-hybridized carbons (Fsp3) is 0.146.